The highest BCUT2D eigenvalue weighted by Gasteiger charge is 2.44. The average molecular weight is 305 g/mol. The molecule has 1 aromatic carbocycles. The first-order chi connectivity index (χ1) is 10.5. The topological polar surface area (TPSA) is 66.8 Å². The molecule has 1 saturated heterocycles. The summed E-state index contributed by atoms with van der Waals surface area (Å²) in [5.41, 5.74) is -0.0835. The van der Waals surface area contributed by atoms with Gasteiger partial charge in [0.2, 0.25) is 0 Å². The van der Waals surface area contributed by atoms with Crippen LogP contribution in [0.25, 0.3) is 0 Å². The van der Waals surface area contributed by atoms with Gasteiger partial charge in [-0.15, -0.1) is 0 Å². The standard InChI is InChI=1S/C17H23NO4/c1-3-22-13(2)15(19)18-11-9-17(10-12-18,16(20)21)14-7-5-4-6-8-14/h4-8,13H,3,9-12H2,1-2H3,(H,20,21)/t13-/m0/s1. The first-order valence-corrected chi connectivity index (χ1v) is 7.70. The van der Waals surface area contributed by atoms with Gasteiger partial charge in [-0.25, -0.2) is 0 Å². The average Bonchev–Trinajstić information content (AvgIpc) is 2.55. The second-order valence-electron chi connectivity index (χ2n) is 5.68. The molecule has 2 rings (SSSR count). The van der Waals surface area contributed by atoms with Crippen LogP contribution in [0.1, 0.15) is 32.3 Å². The Morgan fingerprint density at radius 1 is 1.27 bits per heavy atom. The molecule has 0 aromatic heterocycles. The molecule has 5 nitrogen and oxygen atoms in total. The Morgan fingerprint density at radius 3 is 2.36 bits per heavy atom. The Labute approximate surface area is 130 Å². The van der Waals surface area contributed by atoms with Crippen LogP contribution in [0.15, 0.2) is 30.3 Å². The third-order valence-electron chi connectivity index (χ3n) is 4.43. The maximum atomic E-state index is 12.3. The molecule has 0 spiro atoms. The van der Waals surface area contributed by atoms with Crippen molar-refractivity contribution < 1.29 is 19.4 Å². The summed E-state index contributed by atoms with van der Waals surface area (Å²) in [5, 5.41) is 9.73. The van der Waals surface area contributed by atoms with Crippen molar-refractivity contribution in [3.8, 4) is 0 Å². The lowest BCUT2D eigenvalue weighted by Gasteiger charge is -2.39. The molecule has 22 heavy (non-hydrogen) atoms. The summed E-state index contributed by atoms with van der Waals surface area (Å²) in [6, 6.07) is 9.30. The Kier molecular flexibility index (Phi) is 5.19. The molecule has 120 valence electrons. The fraction of sp³-hybridized carbons (Fsp3) is 0.529. The number of carbonyl (C=O) groups is 2. The Hall–Kier alpha value is -1.88. The minimum absolute atomic E-state index is 0.0612. The predicted octanol–water partition coefficient (Wildman–Crippen LogP) is 2.06. The quantitative estimate of drug-likeness (QED) is 0.904. The maximum Gasteiger partial charge on any atom is 0.314 e. The number of likely N-dealkylation sites (tertiary alicyclic amines) is 1. The first-order valence-electron chi connectivity index (χ1n) is 7.70. The summed E-state index contributed by atoms with van der Waals surface area (Å²) in [6.45, 7) is 4.96. The second-order valence-corrected chi connectivity index (χ2v) is 5.68. The van der Waals surface area contributed by atoms with E-state index in [-0.39, 0.29) is 5.91 Å². The molecule has 0 bridgehead atoms. The number of hydrogen-bond donors (Lipinski definition) is 1. The number of amides is 1. The number of nitrogens with zero attached hydrogens (tertiary/aromatic N) is 1. The van der Waals surface area contributed by atoms with Gasteiger partial charge in [-0.3, -0.25) is 9.59 Å². The minimum Gasteiger partial charge on any atom is -0.481 e. The van der Waals surface area contributed by atoms with Crippen LogP contribution in [-0.4, -0.2) is 47.7 Å². The van der Waals surface area contributed by atoms with Gasteiger partial charge in [0.1, 0.15) is 6.10 Å². The third-order valence-corrected chi connectivity index (χ3v) is 4.43. The number of carboxylic acid groups (broad SMARTS) is 1. The number of carboxylic acids is 1. The van der Waals surface area contributed by atoms with E-state index >= 15 is 0 Å². The smallest absolute Gasteiger partial charge is 0.314 e. The summed E-state index contributed by atoms with van der Waals surface area (Å²) in [4.78, 5) is 25.8. The molecule has 5 heteroatoms. The largest absolute Gasteiger partial charge is 0.481 e. The molecular formula is C17H23NO4. The van der Waals surface area contributed by atoms with Gasteiger partial charge in [0, 0.05) is 19.7 Å². The number of carbonyl (C=O) groups excluding carboxylic acids is 1. The molecule has 1 aliphatic heterocycles. The van der Waals surface area contributed by atoms with Crippen LogP contribution in [0.3, 0.4) is 0 Å². The lowest BCUT2D eigenvalue weighted by molar-refractivity contribution is -0.151. The Bertz CT molecular complexity index is 521. The van der Waals surface area contributed by atoms with Gasteiger partial charge < -0.3 is 14.7 Å². The van der Waals surface area contributed by atoms with Gasteiger partial charge in [0.15, 0.2) is 0 Å². The van der Waals surface area contributed by atoms with Gasteiger partial charge in [0.25, 0.3) is 5.91 Å². The van der Waals surface area contributed by atoms with Crippen molar-refractivity contribution >= 4 is 11.9 Å². The van der Waals surface area contributed by atoms with Gasteiger partial charge >= 0.3 is 5.97 Å². The van der Waals surface area contributed by atoms with E-state index in [1.54, 1.807) is 11.8 Å². The van der Waals surface area contributed by atoms with Crippen LogP contribution >= 0.6 is 0 Å². The molecule has 1 aromatic rings. The molecule has 1 fully saturated rings. The zero-order valence-corrected chi connectivity index (χ0v) is 13.1. The fourth-order valence-electron chi connectivity index (χ4n) is 3.07. The highest BCUT2D eigenvalue weighted by atomic mass is 16.5. The number of aliphatic carboxylic acids is 1. The number of ether oxygens (including phenoxy) is 1. The highest BCUT2D eigenvalue weighted by Crippen LogP contribution is 2.36. The van der Waals surface area contributed by atoms with E-state index in [4.69, 9.17) is 4.74 Å². The van der Waals surface area contributed by atoms with Crippen molar-refractivity contribution in [2.75, 3.05) is 19.7 Å². The van der Waals surface area contributed by atoms with Crippen molar-refractivity contribution in [3.05, 3.63) is 35.9 Å². The van der Waals surface area contributed by atoms with Crippen LogP contribution < -0.4 is 0 Å². The van der Waals surface area contributed by atoms with Gasteiger partial charge in [-0.05, 0) is 32.3 Å². The van der Waals surface area contributed by atoms with Crippen LogP contribution in [0.5, 0.6) is 0 Å². The molecule has 1 amide bonds. The lowest BCUT2D eigenvalue weighted by Crippen LogP contribution is -2.51. The van der Waals surface area contributed by atoms with E-state index in [0.29, 0.717) is 32.5 Å². The van der Waals surface area contributed by atoms with Gasteiger partial charge in [0.05, 0.1) is 5.41 Å². The lowest BCUT2D eigenvalue weighted by atomic mass is 9.73. The van der Waals surface area contributed by atoms with Crippen molar-refractivity contribution in [3.63, 3.8) is 0 Å². The third kappa shape index (κ3) is 3.14. The summed E-state index contributed by atoms with van der Waals surface area (Å²) < 4.78 is 5.33. The number of piperidine rings is 1. The molecular weight excluding hydrogens is 282 g/mol. The zero-order chi connectivity index (χ0) is 16.2. The summed E-state index contributed by atoms with van der Waals surface area (Å²) in [5.74, 6) is -0.877. The van der Waals surface area contributed by atoms with E-state index in [0.717, 1.165) is 5.56 Å². The molecule has 0 unspecified atom stereocenters. The zero-order valence-electron chi connectivity index (χ0n) is 13.1. The van der Waals surface area contributed by atoms with E-state index in [1.807, 2.05) is 37.3 Å². The molecule has 0 radical (unpaired) electrons. The van der Waals surface area contributed by atoms with E-state index in [9.17, 15) is 14.7 Å². The summed E-state index contributed by atoms with van der Waals surface area (Å²) >= 11 is 0. The van der Waals surface area contributed by atoms with Crippen molar-refractivity contribution in [2.24, 2.45) is 0 Å². The van der Waals surface area contributed by atoms with Gasteiger partial charge in [-0.1, -0.05) is 30.3 Å². The monoisotopic (exact) mass is 305 g/mol. The highest BCUT2D eigenvalue weighted by molar-refractivity contribution is 5.84. The minimum atomic E-state index is -0.896. The summed E-state index contributed by atoms with van der Waals surface area (Å²) in [7, 11) is 0. The maximum absolute atomic E-state index is 12.3. The predicted molar refractivity (Wildman–Crippen MR) is 82.7 cm³/mol. The van der Waals surface area contributed by atoms with E-state index in [1.165, 1.54) is 0 Å². The van der Waals surface area contributed by atoms with Crippen LogP contribution in [0.2, 0.25) is 0 Å². The first kappa shape index (κ1) is 16.5. The van der Waals surface area contributed by atoms with Crippen LogP contribution in [0, 0.1) is 0 Å². The Balaban J connectivity index is 2.11. The fourth-order valence-corrected chi connectivity index (χ4v) is 3.07. The Morgan fingerprint density at radius 2 is 1.86 bits per heavy atom. The number of benzene rings is 1. The number of rotatable bonds is 5. The van der Waals surface area contributed by atoms with Gasteiger partial charge in [-0.2, -0.15) is 0 Å². The second kappa shape index (κ2) is 6.92. The molecule has 0 saturated carbocycles. The SMILES string of the molecule is CCO[C@@H](C)C(=O)N1CCC(C(=O)O)(c2ccccc2)CC1. The van der Waals surface area contributed by atoms with E-state index < -0.39 is 17.5 Å². The summed E-state index contributed by atoms with van der Waals surface area (Å²) in [6.07, 6.45) is 0.382. The number of hydrogen-bond acceptors (Lipinski definition) is 3. The molecule has 1 atom stereocenters. The molecule has 1 N–H and O–H groups in total. The normalized spacial score (nSPS) is 18.7. The van der Waals surface area contributed by atoms with Crippen molar-refractivity contribution in [1.82, 2.24) is 4.90 Å². The van der Waals surface area contributed by atoms with Crippen molar-refractivity contribution in [1.29, 1.82) is 0 Å². The molecule has 1 heterocycles. The van der Waals surface area contributed by atoms with Crippen LogP contribution in [0.4, 0.5) is 0 Å². The molecule has 0 aliphatic carbocycles. The van der Waals surface area contributed by atoms with Crippen molar-refractivity contribution in [2.45, 2.75) is 38.2 Å². The molecule has 1 aliphatic rings. The van der Waals surface area contributed by atoms with E-state index in [2.05, 4.69) is 0 Å². The van der Waals surface area contributed by atoms with Crippen LogP contribution in [-0.2, 0) is 19.7 Å².